The van der Waals surface area contributed by atoms with Crippen molar-refractivity contribution in [3.63, 3.8) is 0 Å². The van der Waals surface area contributed by atoms with Crippen LogP contribution in [-0.2, 0) is 4.79 Å². The number of nitrogens with one attached hydrogen (secondary N) is 1. The monoisotopic (exact) mass is 279 g/mol. The predicted octanol–water partition coefficient (Wildman–Crippen LogP) is 0.849. The summed E-state index contributed by atoms with van der Waals surface area (Å²) in [5.74, 6) is -0.336. The molecule has 100 valence electrons. The highest BCUT2D eigenvalue weighted by molar-refractivity contribution is 5.96. The largest absolute Gasteiger partial charge is 0.320 e. The van der Waals surface area contributed by atoms with Gasteiger partial charge in [0.2, 0.25) is 0 Å². The Morgan fingerprint density at radius 2 is 2.16 bits per heavy atom. The van der Waals surface area contributed by atoms with E-state index in [1.165, 1.54) is 6.21 Å². The number of fused-ring (bicyclic) bond motifs is 1. The van der Waals surface area contributed by atoms with E-state index < -0.39 is 6.04 Å². The lowest BCUT2D eigenvalue weighted by molar-refractivity contribution is -0.121. The van der Waals surface area contributed by atoms with Crippen molar-refractivity contribution in [1.29, 1.82) is 0 Å². The summed E-state index contributed by atoms with van der Waals surface area (Å²) < 4.78 is 0. The molecule has 3 N–H and O–H groups in total. The Morgan fingerprint density at radius 1 is 1.42 bits per heavy atom. The minimum Gasteiger partial charge on any atom is -0.320 e. The lowest BCUT2D eigenvalue weighted by atomic mass is 10.2. The topological polar surface area (TPSA) is 93.3 Å². The van der Waals surface area contributed by atoms with E-state index in [4.69, 9.17) is 5.73 Å². The Labute approximate surface area is 116 Å². The van der Waals surface area contributed by atoms with E-state index in [1.54, 1.807) is 19.3 Å². The average Bonchev–Trinajstić information content (AvgIpc) is 2.38. The number of hydrogen-bond acceptors (Lipinski definition) is 5. The number of aromatic nitrogens is 2. The van der Waals surface area contributed by atoms with Crippen LogP contribution in [0.1, 0.15) is 12.5 Å². The molecule has 7 heteroatoms. The molecule has 0 spiro atoms. The molecule has 1 amide bonds. The highest BCUT2D eigenvalue weighted by Gasteiger charge is 2.04. The Balaban J connectivity index is 0.00000180. The van der Waals surface area contributed by atoms with Crippen LogP contribution in [0.3, 0.4) is 0 Å². The Bertz CT molecular complexity index is 594. The number of hydrazone groups is 1. The van der Waals surface area contributed by atoms with Crippen LogP contribution in [0.25, 0.3) is 11.0 Å². The van der Waals surface area contributed by atoms with Crippen molar-refractivity contribution in [3.05, 3.63) is 36.2 Å². The van der Waals surface area contributed by atoms with Crippen molar-refractivity contribution in [3.8, 4) is 0 Å². The number of benzene rings is 1. The first-order valence-electron chi connectivity index (χ1n) is 5.46. The van der Waals surface area contributed by atoms with Crippen LogP contribution < -0.4 is 11.2 Å². The number of hydrogen-bond donors (Lipinski definition) is 2. The highest BCUT2D eigenvalue weighted by atomic mass is 35.5. The normalized spacial score (nSPS) is 12.1. The first-order chi connectivity index (χ1) is 8.68. The van der Waals surface area contributed by atoms with Crippen molar-refractivity contribution >= 4 is 35.6 Å². The molecule has 0 aliphatic rings. The van der Waals surface area contributed by atoms with E-state index in [-0.39, 0.29) is 18.3 Å². The van der Waals surface area contributed by atoms with E-state index in [9.17, 15) is 4.79 Å². The molecule has 0 saturated carbocycles. The molecule has 6 nitrogen and oxygen atoms in total. The van der Waals surface area contributed by atoms with Gasteiger partial charge in [0.1, 0.15) is 0 Å². The van der Waals surface area contributed by atoms with E-state index in [0.29, 0.717) is 0 Å². The smallest absolute Gasteiger partial charge is 0.256 e. The molecule has 0 bridgehead atoms. The summed E-state index contributed by atoms with van der Waals surface area (Å²) in [6.07, 6.45) is 4.76. The molecule has 0 aliphatic heterocycles. The molecule has 19 heavy (non-hydrogen) atoms. The molecule has 1 aromatic heterocycles. The molecule has 0 fully saturated rings. The number of halogens is 1. The summed E-state index contributed by atoms with van der Waals surface area (Å²) in [6, 6.07) is 4.97. The Morgan fingerprint density at radius 3 is 2.89 bits per heavy atom. The van der Waals surface area contributed by atoms with E-state index >= 15 is 0 Å². The van der Waals surface area contributed by atoms with Gasteiger partial charge in [-0.05, 0) is 13.0 Å². The number of carbonyl (C=O) groups is 1. The summed E-state index contributed by atoms with van der Waals surface area (Å²) in [7, 11) is 0. The van der Waals surface area contributed by atoms with Gasteiger partial charge in [-0.3, -0.25) is 14.8 Å². The Kier molecular flexibility index (Phi) is 5.35. The zero-order valence-electron chi connectivity index (χ0n) is 10.3. The van der Waals surface area contributed by atoms with Crippen molar-refractivity contribution in [2.75, 3.05) is 0 Å². The van der Waals surface area contributed by atoms with E-state index in [0.717, 1.165) is 16.6 Å². The van der Waals surface area contributed by atoms with Crippen LogP contribution in [-0.4, -0.2) is 28.1 Å². The van der Waals surface area contributed by atoms with Gasteiger partial charge in [-0.25, -0.2) is 5.43 Å². The van der Waals surface area contributed by atoms with Gasteiger partial charge in [0.15, 0.2) is 0 Å². The fourth-order valence-electron chi connectivity index (χ4n) is 1.39. The third-order valence-corrected chi connectivity index (χ3v) is 2.32. The highest BCUT2D eigenvalue weighted by Crippen LogP contribution is 2.11. The first kappa shape index (κ1) is 15.0. The minimum absolute atomic E-state index is 0. The number of rotatable bonds is 3. The molecule has 1 heterocycles. The van der Waals surface area contributed by atoms with Gasteiger partial charge in [-0.1, -0.05) is 12.1 Å². The van der Waals surface area contributed by atoms with Crippen molar-refractivity contribution in [2.45, 2.75) is 13.0 Å². The first-order valence-corrected chi connectivity index (χ1v) is 5.46. The second-order valence-electron chi connectivity index (χ2n) is 3.79. The maximum absolute atomic E-state index is 11.2. The van der Waals surface area contributed by atoms with Gasteiger partial charge < -0.3 is 5.73 Å². The second-order valence-corrected chi connectivity index (χ2v) is 3.79. The van der Waals surface area contributed by atoms with Crippen LogP contribution >= 0.6 is 12.4 Å². The van der Waals surface area contributed by atoms with Crippen molar-refractivity contribution in [2.24, 2.45) is 10.8 Å². The quantitative estimate of drug-likeness (QED) is 0.643. The summed E-state index contributed by atoms with van der Waals surface area (Å²) in [6.45, 7) is 1.59. The Hall–Kier alpha value is -2.05. The molecule has 0 radical (unpaired) electrons. The number of para-hydroxylation sites is 1. The van der Waals surface area contributed by atoms with Crippen LogP contribution in [0.15, 0.2) is 35.7 Å². The molecule has 1 atom stereocenters. The number of carbonyl (C=O) groups excluding carboxylic acids is 1. The molecule has 2 rings (SSSR count). The predicted molar refractivity (Wildman–Crippen MR) is 76.2 cm³/mol. The zero-order valence-corrected chi connectivity index (χ0v) is 11.1. The van der Waals surface area contributed by atoms with Crippen LogP contribution in [0.2, 0.25) is 0 Å². The summed E-state index contributed by atoms with van der Waals surface area (Å²) >= 11 is 0. The van der Waals surface area contributed by atoms with E-state index in [2.05, 4.69) is 20.5 Å². The number of amides is 1. The maximum Gasteiger partial charge on any atom is 0.256 e. The molecule has 0 aliphatic carbocycles. The molecule has 2 aromatic rings. The van der Waals surface area contributed by atoms with Gasteiger partial charge in [0.25, 0.3) is 5.91 Å². The molecule has 0 saturated heterocycles. The van der Waals surface area contributed by atoms with Gasteiger partial charge in [-0.2, -0.15) is 5.10 Å². The zero-order chi connectivity index (χ0) is 13.0. The summed E-state index contributed by atoms with van der Waals surface area (Å²) in [5.41, 5.74) is 10.0. The van der Waals surface area contributed by atoms with Gasteiger partial charge in [0.05, 0.1) is 23.3 Å². The third kappa shape index (κ3) is 3.70. The SMILES string of the molecule is C[C@H](N)C(=O)N/N=C/c1cccc2nccnc12.Cl. The summed E-state index contributed by atoms with van der Waals surface area (Å²) in [5, 5.41) is 3.84. The van der Waals surface area contributed by atoms with Crippen molar-refractivity contribution in [1.82, 2.24) is 15.4 Å². The van der Waals surface area contributed by atoms with Gasteiger partial charge >= 0.3 is 0 Å². The second kappa shape index (κ2) is 6.77. The maximum atomic E-state index is 11.2. The molecule has 0 unspecified atom stereocenters. The number of nitrogens with two attached hydrogens (primary N) is 1. The van der Waals surface area contributed by atoms with Crippen molar-refractivity contribution < 1.29 is 4.79 Å². The molecular formula is C12H14ClN5O. The molecule has 1 aromatic carbocycles. The number of nitrogens with zero attached hydrogens (tertiary/aromatic N) is 3. The standard InChI is InChI=1S/C12H13N5O.ClH/c1-8(13)12(18)17-16-7-9-3-2-4-10-11(9)15-6-5-14-10;/h2-8H,13H2,1H3,(H,17,18);1H/b16-7+;/t8-;/m0./s1. The van der Waals surface area contributed by atoms with Gasteiger partial charge in [-0.15, -0.1) is 12.4 Å². The lowest BCUT2D eigenvalue weighted by Crippen LogP contribution is -2.35. The fraction of sp³-hybridized carbons (Fsp3) is 0.167. The third-order valence-electron chi connectivity index (χ3n) is 2.32. The lowest BCUT2D eigenvalue weighted by Gasteiger charge is -2.02. The fourth-order valence-corrected chi connectivity index (χ4v) is 1.39. The summed E-state index contributed by atoms with van der Waals surface area (Å²) in [4.78, 5) is 19.6. The molecular weight excluding hydrogens is 266 g/mol. The average molecular weight is 280 g/mol. The van der Waals surface area contributed by atoms with Crippen LogP contribution in [0, 0.1) is 0 Å². The van der Waals surface area contributed by atoms with Gasteiger partial charge in [0, 0.05) is 18.0 Å². The van der Waals surface area contributed by atoms with E-state index in [1.807, 2.05) is 18.2 Å². The van der Waals surface area contributed by atoms with Crippen LogP contribution in [0.5, 0.6) is 0 Å². The minimum atomic E-state index is -0.588. The van der Waals surface area contributed by atoms with Crippen LogP contribution in [0.4, 0.5) is 0 Å².